The summed E-state index contributed by atoms with van der Waals surface area (Å²) in [6, 6.07) is 11.1. The van der Waals surface area contributed by atoms with Crippen molar-refractivity contribution >= 4 is 21.6 Å². The molecule has 0 bridgehead atoms. The zero-order valence-electron chi connectivity index (χ0n) is 18.7. The number of sulfone groups is 1. The lowest BCUT2D eigenvalue weighted by atomic mass is 10.2. The molecule has 8 nitrogen and oxygen atoms in total. The Morgan fingerprint density at radius 2 is 1.86 bits per heavy atom. The Labute approximate surface area is 199 Å². The second kappa shape index (κ2) is 8.91. The Bertz CT molecular complexity index is 1370. The van der Waals surface area contributed by atoms with Crippen LogP contribution in [0.2, 0.25) is 0 Å². The maximum atomic E-state index is 13.5. The second-order valence-corrected chi connectivity index (χ2v) is 10.4. The van der Waals surface area contributed by atoms with Crippen LogP contribution in [0.4, 0.5) is 19.0 Å². The van der Waals surface area contributed by atoms with Gasteiger partial charge in [-0.1, -0.05) is 18.2 Å². The first-order valence-corrected chi connectivity index (χ1v) is 12.1. The maximum absolute atomic E-state index is 13.5. The van der Waals surface area contributed by atoms with Crippen LogP contribution in [0, 0.1) is 6.92 Å². The minimum absolute atomic E-state index is 0.310. The summed E-state index contributed by atoms with van der Waals surface area (Å²) in [5, 5.41) is 12.9. The zero-order chi connectivity index (χ0) is 25.5. The Morgan fingerprint density at radius 3 is 2.51 bits per heavy atom. The molecule has 4 rings (SSSR count). The molecule has 2 aromatic carbocycles. The van der Waals surface area contributed by atoms with Gasteiger partial charge in [0, 0.05) is 18.7 Å². The van der Waals surface area contributed by atoms with E-state index in [-0.39, 0.29) is 13.0 Å². The second-order valence-electron chi connectivity index (χ2n) is 8.16. The van der Waals surface area contributed by atoms with Crippen LogP contribution < -0.4 is 9.64 Å². The van der Waals surface area contributed by atoms with Crippen LogP contribution in [0.15, 0.2) is 59.5 Å². The summed E-state index contributed by atoms with van der Waals surface area (Å²) in [6.45, 7) is 1.38. The summed E-state index contributed by atoms with van der Waals surface area (Å²) in [4.78, 5) is 12.6. The van der Waals surface area contributed by atoms with Crippen molar-refractivity contribution in [1.82, 2.24) is 9.78 Å². The van der Waals surface area contributed by atoms with Crippen LogP contribution in [0.5, 0.6) is 5.75 Å². The molecular formula is C23H22F3N3O5S. The quantitative estimate of drug-likeness (QED) is 0.541. The summed E-state index contributed by atoms with van der Waals surface area (Å²) < 4.78 is 73.9. The van der Waals surface area contributed by atoms with Gasteiger partial charge in [-0.15, -0.1) is 0 Å². The maximum Gasteiger partial charge on any atom is 0.417 e. The zero-order valence-corrected chi connectivity index (χ0v) is 19.5. The number of anilines is 1. The van der Waals surface area contributed by atoms with E-state index >= 15 is 0 Å². The minimum Gasteiger partial charge on any atom is -0.497 e. The lowest BCUT2D eigenvalue weighted by molar-refractivity contribution is -0.140. The highest BCUT2D eigenvalue weighted by Crippen LogP contribution is 2.39. The number of alkyl halides is 3. The number of carbonyl (C=O) groups is 1. The number of aryl methyl sites for hydroxylation is 1. The van der Waals surface area contributed by atoms with Crippen molar-refractivity contribution in [3.8, 4) is 11.4 Å². The lowest BCUT2D eigenvalue weighted by Crippen LogP contribution is -2.37. The number of aliphatic carboxylic acids is 1. The number of carboxylic acid groups (broad SMARTS) is 1. The molecule has 186 valence electrons. The van der Waals surface area contributed by atoms with Gasteiger partial charge in [-0.05, 0) is 37.6 Å². The van der Waals surface area contributed by atoms with Gasteiger partial charge in [0.25, 0.3) is 0 Å². The smallest absolute Gasteiger partial charge is 0.417 e. The largest absolute Gasteiger partial charge is 0.497 e. The number of aromatic nitrogens is 2. The number of methoxy groups -OCH3 is 1. The number of hydrogen-bond acceptors (Lipinski definition) is 6. The van der Waals surface area contributed by atoms with Gasteiger partial charge in [-0.2, -0.15) is 18.3 Å². The fourth-order valence-corrected chi connectivity index (χ4v) is 6.17. The molecule has 1 aliphatic heterocycles. The third-order valence-electron chi connectivity index (χ3n) is 5.89. The van der Waals surface area contributed by atoms with Crippen LogP contribution in [0.25, 0.3) is 5.69 Å². The van der Waals surface area contributed by atoms with Crippen molar-refractivity contribution in [2.24, 2.45) is 0 Å². The van der Waals surface area contributed by atoms with Crippen molar-refractivity contribution in [3.05, 3.63) is 65.9 Å². The Hall–Kier alpha value is -3.54. The SMILES string of the molecule is COc1cccc(-n2nc(C)cc2N2CC(S(=O)(=O)c3ccccc3C(F)(F)F)CC2C(=O)O)c1. The molecule has 2 atom stereocenters. The van der Waals surface area contributed by atoms with Gasteiger partial charge in [-0.25, -0.2) is 17.9 Å². The molecule has 2 heterocycles. The number of hydrogen-bond donors (Lipinski definition) is 1. The van der Waals surface area contributed by atoms with Gasteiger partial charge in [0.05, 0.1) is 34.2 Å². The molecule has 35 heavy (non-hydrogen) atoms. The Kier molecular flexibility index (Phi) is 6.26. The molecule has 0 aliphatic carbocycles. The summed E-state index contributed by atoms with van der Waals surface area (Å²) in [5.41, 5.74) is -0.186. The predicted molar refractivity (Wildman–Crippen MR) is 121 cm³/mol. The highest BCUT2D eigenvalue weighted by atomic mass is 32.2. The fraction of sp³-hybridized carbons (Fsp3) is 0.304. The molecular weight excluding hydrogens is 487 g/mol. The number of ether oxygens (including phenoxy) is 1. The number of rotatable bonds is 6. The van der Waals surface area contributed by atoms with Crippen molar-refractivity contribution in [2.75, 3.05) is 18.6 Å². The van der Waals surface area contributed by atoms with E-state index in [1.165, 1.54) is 22.8 Å². The highest BCUT2D eigenvalue weighted by molar-refractivity contribution is 7.92. The molecule has 2 unspecified atom stereocenters. The van der Waals surface area contributed by atoms with Crippen molar-refractivity contribution in [3.63, 3.8) is 0 Å². The first-order chi connectivity index (χ1) is 16.4. The molecule has 1 saturated heterocycles. The van der Waals surface area contributed by atoms with Gasteiger partial charge in [-0.3, -0.25) is 0 Å². The molecule has 0 amide bonds. The first-order valence-electron chi connectivity index (χ1n) is 10.5. The van der Waals surface area contributed by atoms with Crippen LogP contribution in [-0.4, -0.2) is 54.2 Å². The minimum atomic E-state index is -4.88. The number of carboxylic acids is 1. The van der Waals surface area contributed by atoms with Gasteiger partial charge in [0.2, 0.25) is 0 Å². The monoisotopic (exact) mass is 509 g/mol. The molecule has 1 fully saturated rings. The average Bonchev–Trinajstić information content (AvgIpc) is 3.43. The molecule has 12 heteroatoms. The third kappa shape index (κ3) is 4.57. The van der Waals surface area contributed by atoms with E-state index in [2.05, 4.69) is 5.10 Å². The van der Waals surface area contributed by atoms with Crippen LogP contribution in [0.3, 0.4) is 0 Å². The number of nitrogens with zero attached hydrogens (tertiary/aromatic N) is 3. The topological polar surface area (TPSA) is 102 Å². The van der Waals surface area contributed by atoms with Crippen LogP contribution >= 0.6 is 0 Å². The molecule has 0 radical (unpaired) electrons. The molecule has 1 aromatic heterocycles. The van der Waals surface area contributed by atoms with E-state index in [9.17, 15) is 31.5 Å². The molecule has 0 spiro atoms. The number of benzene rings is 2. The number of halogens is 3. The Morgan fingerprint density at radius 1 is 1.14 bits per heavy atom. The third-order valence-corrected chi connectivity index (χ3v) is 8.08. The predicted octanol–water partition coefficient (Wildman–Crippen LogP) is 3.71. The highest BCUT2D eigenvalue weighted by Gasteiger charge is 2.47. The summed E-state index contributed by atoms with van der Waals surface area (Å²) in [7, 11) is -3.03. The van der Waals surface area contributed by atoms with E-state index in [1.807, 2.05) is 0 Å². The first kappa shape index (κ1) is 24.6. The van der Waals surface area contributed by atoms with Crippen molar-refractivity contribution in [1.29, 1.82) is 0 Å². The van der Waals surface area contributed by atoms with Gasteiger partial charge in [0.1, 0.15) is 17.6 Å². The van der Waals surface area contributed by atoms with Crippen LogP contribution in [-0.2, 0) is 20.8 Å². The normalized spacial score (nSPS) is 18.6. The average molecular weight is 510 g/mol. The molecule has 0 saturated carbocycles. The summed E-state index contributed by atoms with van der Waals surface area (Å²) in [6.07, 6.45) is -5.26. The van der Waals surface area contributed by atoms with Gasteiger partial charge >= 0.3 is 12.1 Å². The molecule has 1 aliphatic rings. The van der Waals surface area contributed by atoms with Crippen molar-refractivity contribution < 1.29 is 36.2 Å². The standard InChI is InChI=1S/C23H22F3N3O5S/c1-14-10-21(29(27-14)15-6-5-7-16(11-15)34-2)28-13-17(12-19(28)22(30)31)35(32,33)20-9-4-3-8-18(20)23(24,25)26/h3-11,17,19H,12-13H2,1-2H3,(H,30,31). The fourth-order valence-electron chi connectivity index (χ4n) is 4.26. The lowest BCUT2D eigenvalue weighted by Gasteiger charge is -2.24. The van der Waals surface area contributed by atoms with E-state index in [4.69, 9.17) is 4.74 Å². The molecule has 3 aromatic rings. The summed E-state index contributed by atoms with van der Waals surface area (Å²) in [5.74, 6) is -0.449. The van der Waals surface area contributed by atoms with Crippen LogP contribution in [0.1, 0.15) is 17.7 Å². The molecule has 1 N–H and O–H groups in total. The van der Waals surface area contributed by atoms with E-state index in [0.717, 1.165) is 12.1 Å². The van der Waals surface area contributed by atoms with E-state index in [0.29, 0.717) is 29.0 Å². The Balaban J connectivity index is 1.77. The van der Waals surface area contributed by atoms with E-state index < -0.39 is 43.7 Å². The van der Waals surface area contributed by atoms with Gasteiger partial charge in [0.15, 0.2) is 9.84 Å². The summed E-state index contributed by atoms with van der Waals surface area (Å²) >= 11 is 0. The van der Waals surface area contributed by atoms with Gasteiger partial charge < -0.3 is 14.7 Å². The van der Waals surface area contributed by atoms with Crippen molar-refractivity contribution in [2.45, 2.75) is 35.7 Å². The van der Waals surface area contributed by atoms with E-state index in [1.54, 1.807) is 37.3 Å².